The third-order valence-electron chi connectivity index (χ3n) is 4.65. The minimum absolute atomic E-state index is 0.428. The molecule has 112 valence electrons. The Hall–Kier alpha value is -0.900. The molecule has 0 radical (unpaired) electrons. The normalized spacial score (nSPS) is 23.1. The fourth-order valence-electron chi connectivity index (χ4n) is 3.37. The van der Waals surface area contributed by atoms with Crippen LogP contribution in [0.15, 0.2) is 24.3 Å². The molecule has 3 nitrogen and oxygen atoms in total. The van der Waals surface area contributed by atoms with Crippen LogP contribution in [0, 0.1) is 0 Å². The predicted molar refractivity (Wildman–Crippen MR) is 84.1 cm³/mol. The van der Waals surface area contributed by atoms with Gasteiger partial charge < -0.3 is 10.1 Å². The third kappa shape index (κ3) is 3.05. The summed E-state index contributed by atoms with van der Waals surface area (Å²) in [4.78, 5) is 2.62. The molecular weight excluding hydrogens is 248 g/mol. The molecule has 1 aromatic carbocycles. The first kappa shape index (κ1) is 15.5. The van der Waals surface area contributed by atoms with E-state index < -0.39 is 0 Å². The molecule has 0 saturated heterocycles. The van der Waals surface area contributed by atoms with Crippen LogP contribution in [-0.2, 0) is 11.2 Å². The molecular formula is C17H28N2O. The van der Waals surface area contributed by atoms with Gasteiger partial charge in [-0.05, 0) is 37.9 Å². The highest BCUT2D eigenvalue weighted by atomic mass is 16.5. The summed E-state index contributed by atoms with van der Waals surface area (Å²) in [6.45, 7) is 6.39. The highest BCUT2D eigenvalue weighted by Crippen LogP contribution is 2.35. The average molecular weight is 276 g/mol. The number of benzene rings is 1. The van der Waals surface area contributed by atoms with Crippen LogP contribution in [0.2, 0.25) is 0 Å². The van der Waals surface area contributed by atoms with Crippen LogP contribution < -0.4 is 5.32 Å². The van der Waals surface area contributed by atoms with Gasteiger partial charge in [-0.25, -0.2) is 0 Å². The standard InChI is InChI=1S/C17H28N2O/c1-5-13(2)19(10-11-20-4)16-12-14-8-6-7-9-15(14)17(16)18-3/h6-9,13,16-18H,5,10-12H2,1-4H3. The first-order valence-corrected chi connectivity index (χ1v) is 7.72. The fourth-order valence-corrected chi connectivity index (χ4v) is 3.37. The maximum Gasteiger partial charge on any atom is 0.0589 e. The van der Waals surface area contributed by atoms with Gasteiger partial charge >= 0.3 is 0 Å². The summed E-state index contributed by atoms with van der Waals surface area (Å²) in [5.41, 5.74) is 2.95. The van der Waals surface area contributed by atoms with E-state index >= 15 is 0 Å². The quantitative estimate of drug-likeness (QED) is 0.828. The summed E-state index contributed by atoms with van der Waals surface area (Å²) in [6, 6.07) is 10.4. The van der Waals surface area contributed by atoms with Gasteiger partial charge in [0.1, 0.15) is 0 Å². The highest BCUT2D eigenvalue weighted by Gasteiger charge is 2.36. The molecule has 0 heterocycles. The van der Waals surface area contributed by atoms with Gasteiger partial charge in [0.15, 0.2) is 0 Å². The lowest BCUT2D eigenvalue weighted by molar-refractivity contribution is 0.0767. The summed E-state index contributed by atoms with van der Waals surface area (Å²) in [5.74, 6) is 0. The van der Waals surface area contributed by atoms with Gasteiger partial charge in [-0.15, -0.1) is 0 Å². The minimum Gasteiger partial charge on any atom is -0.383 e. The predicted octanol–water partition coefficient (Wildman–Crippen LogP) is 2.62. The Balaban J connectivity index is 2.21. The highest BCUT2D eigenvalue weighted by molar-refractivity contribution is 5.37. The van der Waals surface area contributed by atoms with Crippen LogP contribution in [0.4, 0.5) is 0 Å². The fraction of sp³-hybridized carbons (Fsp3) is 0.647. The van der Waals surface area contributed by atoms with Crippen molar-refractivity contribution in [3.8, 4) is 0 Å². The average Bonchev–Trinajstić information content (AvgIpc) is 2.85. The molecule has 1 aliphatic carbocycles. The van der Waals surface area contributed by atoms with Crippen LogP contribution in [0.3, 0.4) is 0 Å². The first-order valence-electron chi connectivity index (χ1n) is 7.72. The minimum atomic E-state index is 0.428. The Morgan fingerprint density at radius 3 is 2.80 bits per heavy atom. The molecule has 3 atom stereocenters. The number of methoxy groups -OCH3 is 1. The number of rotatable bonds is 7. The molecule has 20 heavy (non-hydrogen) atoms. The van der Waals surface area contributed by atoms with Gasteiger partial charge in [-0.2, -0.15) is 0 Å². The number of fused-ring (bicyclic) bond motifs is 1. The molecule has 1 aliphatic rings. The van der Waals surface area contributed by atoms with Gasteiger partial charge in [-0.3, -0.25) is 4.90 Å². The van der Waals surface area contributed by atoms with Crippen molar-refractivity contribution in [3.05, 3.63) is 35.4 Å². The van der Waals surface area contributed by atoms with E-state index in [1.54, 1.807) is 7.11 Å². The second-order valence-electron chi connectivity index (χ2n) is 5.72. The van der Waals surface area contributed by atoms with Gasteiger partial charge in [-0.1, -0.05) is 31.2 Å². The number of ether oxygens (including phenoxy) is 1. The molecule has 3 heteroatoms. The number of likely N-dealkylation sites (N-methyl/N-ethyl adjacent to an activating group) is 1. The lowest BCUT2D eigenvalue weighted by Crippen LogP contribution is -2.48. The van der Waals surface area contributed by atoms with Crippen LogP contribution in [0.25, 0.3) is 0 Å². The summed E-state index contributed by atoms with van der Waals surface area (Å²) >= 11 is 0. The Bertz CT molecular complexity index is 421. The van der Waals surface area contributed by atoms with E-state index in [0.717, 1.165) is 19.6 Å². The van der Waals surface area contributed by atoms with Gasteiger partial charge in [0.25, 0.3) is 0 Å². The molecule has 0 spiro atoms. The van der Waals surface area contributed by atoms with E-state index in [1.807, 2.05) is 0 Å². The van der Waals surface area contributed by atoms with E-state index in [-0.39, 0.29) is 0 Å². The monoisotopic (exact) mass is 276 g/mol. The van der Waals surface area contributed by atoms with E-state index in [2.05, 4.69) is 55.4 Å². The van der Waals surface area contributed by atoms with Crippen molar-refractivity contribution in [2.45, 2.75) is 44.8 Å². The summed E-state index contributed by atoms with van der Waals surface area (Å²) in [6.07, 6.45) is 2.31. The van der Waals surface area contributed by atoms with Crippen molar-refractivity contribution in [1.29, 1.82) is 0 Å². The Morgan fingerprint density at radius 1 is 1.40 bits per heavy atom. The number of nitrogens with zero attached hydrogens (tertiary/aromatic N) is 1. The second kappa shape index (κ2) is 7.21. The zero-order valence-corrected chi connectivity index (χ0v) is 13.2. The summed E-state index contributed by atoms with van der Waals surface area (Å²) < 4.78 is 5.31. The van der Waals surface area contributed by atoms with Crippen molar-refractivity contribution in [3.63, 3.8) is 0 Å². The topological polar surface area (TPSA) is 24.5 Å². The lowest BCUT2D eigenvalue weighted by Gasteiger charge is -2.37. The van der Waals surface area contributed by atoms with Crippen LogP contribution >= 0.6 is 0 Å². The molecule has 1 N–H and O–H groups in total. The molecule has 0 fully saturated rings. The molecule has 1 aromatic rings. The van der Waals surface area contributed by atoms with Crippen molar-refractivity contribution in [1.82, 2.24) is 10.2 Å². The number of hydrogen-bond donors (Lipinski definition) is 1. The van der Waals surface area contributed by atoms with Crippen LogP contribution in [-0.4, -0.2) is 44.3 Å². The molecule has 2 rings (SSSR count). The maximum atomic E-state index is 5.31. The Kier molecular flexibility index (Phi) is 5.58. The van der Waals surface area contributed by atoms with Crippen molar-refractivity contribution >= 4 is 0 Å². The van der Waals surface area contributed by atoms with E-state index in [0.29, 0.717) is 18.1 Å². The molecule has 0 aromatic heterocycles. The molecule has 3 unspecified atom stereocenters. The van der Waals surface area contributed by atoms with Crippen molar-refractivity contribution in [2.75, 3.05) is 27.3 Å². The van der Waals surface area contributed by atoms with Gasteiger partial charge in [0.05, 0.1) is 6.61 Å². The maximum absolute atomic E-state index is 5.31. The molecule has 0 saturated carbocycles. The SMILES string of the molecule is CCC(C)N(CCOC)C1Cc2ccccc2C1NC. The smallest absolute Gasteiger partial charge is 0.0589 e. The molecule has 0 aliphatic heterocycles. The second-order valence-corrected chi connectivity index (χ2v) is 5.72. The zero-order chi connectivity index (χ0) is 14.5. The largest absolute Gasteiger partial charge is 0.383 e. The van der Waals surface area contributed by atoms with Crippen molar-refractivity contribution < 1.29 is 4.74 Å². The number of hydrogen-bond acceptors (Lipinski definition) is 3. The van der Waals surface area contributed by atoms with Gasteiger partial charge in [0, 0.05) is 31.8 Å². The van der Waals surface area contributed by atoms with E-state index in [1.165, 1.54) is 17.5 Å². The Labute approximate surface area is 123 Å². The number of nitrogens with one attached hydrogen (secondary N) is 1. The molecule has 0 amide bonds. The van der Waals surface area contributed by atoms with Crippen LogP contribution in [0.5, 0.6) is 0 Å². The molecule has 0 bridgehead atoms. The zero-order valence-electron chi connectivity index (χ0n) is 13.2. The van der Waals surface area contributed by atoms with Crippen LogP contribution in [0.1, 0.15) is 37.4 Å². The summed E-state index contributed by atoms with van der Waals surface area (Å²) in [7, 11) is 3.86. The first-order chi connectivity index (χ1) is 9.72. The van der Waals surface area contributed by atoms with Gasteiger partial charge in [0.2, 0.25) is 0 Å². The summed E-state index contributed by atoms with van der Waals surface area (Å²) in [5, 5.41) is 3.52. The lowest BCUT2D eigenvalue weighted by atomic mass is 10.0. The van der Waals surface area contributed by atoms with E-state index in [4.69, 9.17) is 4.74 Å². The van der Waals surface area contributed by atoms with E-state index in [9.17, 15) is 0 Å². The van der Waals surface area contributed by atoms with Crippen molar-refractivity contribution in [2.24, 2.45) is 0 Å². The Morgan fingerprint density at radius 2 is 2.15 bits per heavy atom. The third-order valence-corrected chi connectivity index (χ3v) is 4.65.